The zero-order valence-electron chi connectivity index (χ0n) is 18.3. The highest BCUT2D eigenvalue weighted by Gasteiger charge is 2.31. The van der Waals surface area contributed by atoms with Gasteiger partial charge in [0.25, 0.3) is 5.91 Å². The lowest BCUT2D eigenvalue weighted by atomic mass is 10.0. The predicted octanol–water partition coefficient (Wildman–Crippen LogP) is 3.10. The molecule has 1 aliphatic heterocycles. The van der Waals surface area contributed by atoms with Crippen molar-refractivity contribution in [2.45, 2.75) is 44.9 Å². The number of carbonyl (C=O) groups is 1. The minimum absolute atomic E-state index is 0.0765. The molecule has 1 amide bonds. The van der Waals surface area contributed by atoms with Gasteiger partial charge in [-0.05, 0) is 48.2 Å². The Labute approximate surface area is 187 Å². The molecule has 1 aliphatic carbocycles. The molecule has 1 aromatic heterocycles. The molecule has 7 nitrogen and oxygen atoms in total. The maximum absolute atomic E-state index is 13.0. The molecule has 0 saturated heterocycles. The van der Waals surface area contributed by atoms with E-state index in [1.807, 2.05) is 35.0 Å². The zero-order valence-corrected chi connectivity index (χ0v) is 18.3. The van der Waals surface area contributed by atoms with Crippen molar-refractivity contribution in [1.82, 2.24) is 20.0 Å². The smallest absolute Gasteiger partial charge is 0.272 e. The standard InChI is InChI=1S/C25H28N4O3/c1-32-21-7-3-5-18(13-21)15-29-23-10-11-28(14-17-4-2-6-20(30)12-17)16-22(23)24(27-29)25(31)26-19-8-9-19/h2-7,12-13,19,30H,8-11,14-16H2,1H3,(H,26,31). The van der Waals surface area contributed by atoms with Crippen molar-refractivity contribution >= 4 is 5.91 Å². The summed E-state index contributed by atoms with van der Waals surface area (Å²) in [6.07, 6.45) is 2.91. The van der Waals surface area contributed by atoms with Gasteiger partial charge in [0, 0.05) is 43.4 Å². The number of phenolic OH excluding ortho intramolecular Hbond substituents is 1. The van der Waals surface area contributed by atoms with Gasteiger partial charge in [0.15, 0.2) is 5.69 Å². The molecule has 7 heteroatoms. The Kier molecular flexibility index (Phi) is 5.57. The number of nitrogens with zero attached hydrogens (tertiary/aromatic N) is 3. The molecule has 2 heterocycles. The summed E-state index contributed by atoms with van der Waals surface area (Å²) in [5.74, 6) is 1.01. The average Bonchev–Trinajstić information content (AvgIpc) is 3.54. The van der Waals surface area contributed by atoms with Crippen LogP contribution in [0.5, 0.6) is 11.5 Å². The van der Waals surface area contributed by atoms with Gasteiger partial charge in [-0.3, -0.25) is 14.4 Å². The normalized spacial score (nSPS) is 15.9. The number of fused-ring (bicyclic) bond motifs is 1. The van der Waals surface area contributed by atoms with Crippen LogP contribution >= 0.6 is 0 Å². The Hall–Kier alpha value is -3.32. The Morgan fingerprint density at radius 3 is 2.69 bits per heavy atom. The number of ether oxygens (including phenoxy) is 1. The molecule has 0 unspecified atom stereocenters. The van der Waals surface area contributed by atoms with Gasteiger partial charge in [-0.2, -0.15) is 5.10 Å². The van der Waals surface area contributed by atoms with E-state index >= 15 is 0 Å². The second-order valence-electron chi connectivity index (χ2n) is 8.66. The van der Waals surface area contributed by atoms with Gasteiger partial charge in [-0.15, -0.1) is 0 Å². The first-order valence-electron chi connectivity index (χ1n) is 11.1. The first kappa shape index (κ1) is 20.6. The average molecular weight is 433 g/mol. The highest BCUT2D eigenvalue weighted by molar-refractivity contribution is 5.94. The van der Waals surface area contributed by atoms with E-state index in [1.165, 1.54) is 0 Å². The number of hydrogen-bond donors (Lipinski definition) is 2. The highest BCUT2D eigenvalue weighted by atomic mass is 16.5. The first-order valence-corrected chi connectivity index (χ1v) is 11.1. The van der Waals surface area contributed by atoms with Gasteiger partial charge in [-0.1, -0.05) is 24.3 Å². The van der Waals surface area contributed by atoms with Gasteiger partial charge in [0.05, 0.1) is 13.7 Å². The second kappa shape index (κ2) is 8.67. The van der Waals surface area contributed by atoms with Crippen LogP contribution in [0.3, 0.4) is 0 Å². The van der Waals surface area contributed by atoms with Gasteiger partial charge < -0.3 is 15.2 Å². The number of rotatable bonds is 7. The summed E-state index contributed by atoms with van der Waals surface area (Å²) in [6, 6.07) is 15.6. The van der Waals surface area contributed by atoms with Crippen LogP contribution in [0.15, 0.2) is 48.5 Å². The maximum atomic E-state index is 13.0. The summed E-state index contributed by atoms with van der Waals surface area (Å²) in [5.41, 5.74) is 4.82. The predicted molar refractivity (Wildman–Crippen MR) is 121 cm³/mol. The van der Waals surface area contributed by atoms with Crippen LogP contribution in [-0.4, -0.2) is 45.4 Å². The van der Waals surface area contributed by atoms with E-state index in [1.54, 1.807) is 19.2 Å². The molecule has 0 radical (unpaired) electrons. The van der Waals surface area contributed by atoms with Gasteiger partial charge in [0.2, 0.25) is 0 Å². The fourth-order valence-electron chi connectivity index (χ4n) is 4.33. The number of phenols is 1. The van der Waals surface area contributed by atoms with Crippen molar-refractivity contribution in [2.75, 3.05) is 13.7 Å². The quantitative estimate of drug-likeness (QED) is 0.600. The number of aromatic nitrogens is 2. The third-order valence-corrected chi connectivity index (χ3v) is 6.12. The Balaban J connectivity index is 1.42. The zero-order chi connectivity index (χ0) is 22.1. The molecule has 2 N–H and O–H groups in total. The van der Waals surface area contributed by atoms with Crippen LogP contribution < -0.4 is 10.1 Å². The molecular formula is C25H28N4O3. The fraction of sp³-hybridized carbons (Fsp3) is 0.360. The van der Waals surface area contributed by atoms with E-state index < -0.39 is 0 Å². The topological polar surface area (TPSA) is 79.6 Å². The van der Waals surface area contributed by atoms with Crippen LogP contribution in [0.25, 0.3) is 0 Å². The molecular weight excluding hydrogens is 404 g/mol. The Morgan fingerprint density at radius 1 is 1.16 bits per heavy atom. The van der Waals surface area contributed by atoms with Crippen LogP contribution in [0.2, 0.25) is 0 Å². The lowest BCUT2D eigenvalue weighted by Crippen LogP contribution is -2.32. The van der Waals surface area contributed by atoms with Gasteiger partial charge in [-0.25, -0.2) is 0 Å². The molecule has 0 atom stereocenters. The Morgan fingerprint density at radius 2 is 1.94 bits per heavy atom. The molecule has 1 saturated carbocycles. The van der Waals surface area contributed by atoms with E-state index in [4.69, 9.17) is 9.84 Å². The molecule has 2 aliphatic rings. The molecule has 0 spiro atoms. The fourth-order valence-corrected chi connectivity index (χ4v) is 4.33. The Bertz CT molecular complexity index is 1140. The molecule has 1 fully saturated rings. The monoisotopic (exact) mass is 432 g/mol. The summed E-state index contributed by atoms with van der Waals surface area (Å²) in [4.78, 5) is 15.3. The van der Waals surface area contributed by atoms with Crippen molar-refractivity contribution in [3.05, 3.63) is 76.6 Å². The second-order valence-corrected chi connectivity index (χ2v) is 8.66. The third-order valence-electron chi connectivity index (χ3n) is 6.12. The van der Waals surface area contributed by atoms with E-state index in [-0.39, 0.29) is 17.7 Å². The number of carbonyl (C=O) groups excluding carboxylic acids is 1. The number of methoxy groups -OCH3 is 1. The van der Waals surface area contributed by atoms with Gasteiger partial charge in [0.1, 0.15) is 11.5 Å². The van der Waals surface area contributed by atoms with E-state index in [9.17, 15) is 9.90 Å². The summed E-state index contributed by atoms with van der Waals surface area (Å²) >= 11 is 0. The number of amides is 1. The number of benzene rings is 2. The van der Waals surface area contributed by atoms with E-state index in [0.29, 0.717) is 18.8 Å². The summed E-state index contributed by atoms with van der Waals surface area (Å²) in [7, 11) is 1.66. The minimum Gasteiger partial charge on any atom is -0.508 e. The van der Waals surface area contributed by atoms with E-state index in [2.05, 4.69) is 16.3 Å². The maximum Gasteiger partial charge on any atom is 0.272 e. The van der Waals surface area contributed by atoms with Crippen LogP contribution in [0.4, 0.5) is 0 Å². The number of hydrogen-bond acceptors (Lipinski definition) is 5. The van der Waals surface area contributed by atoms with Crippen molar-refractivity contribution in [3.63, 3.8) is 0 Å². The van der Waals surface area contributed by atoms with Crippen molar-refractivity contribution in [3.8, 4) is 11.5 Å². The largest absolute Gasteiger partial charge is 0.508 e. The third kappa shape index (κ3) is 4.48. The van der Waals surface area contributed by atoms with Gasteiger partial charge >= 0.3 is 0 Å². The number of nitrogens with one attached hydrogen (secondary N) is 1. The van der Waals surface area contributed by atoms with Crippen LogP contribution in [-0.2, 0) is 26.1 Å². The SMILES string of the molecule is COc1cccc(Cn2nc(C(=O)NC3CC3)c3c2CCN(Cc2cccc(O)c2)C3)c1. The van der Waals surface area contributed by atoms with Crippen molar-refractivity contribution < 1.29 is 14.6 Å². The van der Waals surface area contributed by atoms with Crippen LogP contribution in [0.1, 0.15) is 45.7 Å². The molecule has 2 aromatic carbocycles. The highest BCUT2D eigenvalue weighted by Crippen LogP contribution is 2.27. The van der Waals surface area contributed by atoms with E-state index in [0.717, 1.165) is 60.5 Å². The summed E-state index contributed by atoms with van der Waals surface area (Å²) < 4.78 is 7.34. The molecule has 166 valence electrons. The molecule has 0 bridgehead atoms. The summed E-state index contributed by atoms with van der Waals surface area (Å²) in [5, 5.41) is 17.7. The molecule has 3 aromatic rings. The van der Waals surface area contributed by atoms with Crippen molar-refractivity contribution in [1.29, 1.82) is 0 Å². The summed E-state index contributed by atoms with van der Waals surface area (Å²) in [6.45, 7) is 2.86. The lowest BCUT2D eigenvalue weighted by Gasteiger charge is -2.28. The van der Waals surface area contributed by atoms with Crippen LogP contribution in [0, 0.1) is 0 Å². The lowest BCUT2D eigenvalue weighted by molar-refractivity contribution is 0.0943. The number of aromatic hydroxyl groups is 1. The molecule has 32 heavy (non-hydrogen) atoms. The first-order chi connectivity index (χ1) is 15.6. The van der Waals surface area contributed by atoms with Crippen molar-refractivity contribution in [2.24, 2.45) is 0 Å². The minimum atomic E-state index is -0.0765. The molecule has 5 rings (SSSR count).